The van der Waals surface area contributed by atoms with Gasteiger partial charge in [-0.3, -0.25) is 0 Å². The molecule has 0 radical (unpaired) electrons. The number of nitrogens with zero attached hydrogens (tertiary/aromatic N) is 1. The summed E-state index contributed by atoms with van der Waals surface area (Å²) >= 11 is 0. The summed E-state index contributed by atoms with van der Waals surface area (Å²) in [5.41, 5.74) is 20.4. The van der Waals surface area contributed by atoms with Crippen molar-refractivity contribution >= 4 is 49.8 Å². The van der Waals surface area contributed by atoms with E-state index in [1.54, 1.807) is 0 Å². The van der Waals surface area contributed by atoms with Crippen LogP contribution in [0.25, 0.3) is 66.1 Å². The fourth-order valence-corrected chi connectivity index (χ4v) is 12.0. The van der Waals surface area contributed by atoms with Gasteiger partial charge in [0.15, 0.2) is 0 Å². The maximum absolute atomic E-state index is 7.37. The monoisotopic (exact) mass is 865 g/mol. The summed E-state index contributed by atoms with van der Waals surface area (Å²) in [7, 11) is 0. The Morgan fingerprint density at radius 2 is 0.985 bits per heavy atom. The lowest BCUT2D eigenvalue weighted by Gasteiger charge is -2.35. The first-order chi connectivity index (χ1) is 33.8. The first kappa shape index (κ1) is 38.5. The molecule has 318 valence electrons. The van der Waals surface area contributed by atoms with E-state index >= 15 is 0 Å². The Balaban J connectivity index is 1.12. The topological polar surface area (TPSA) is 16.4 Å². The fourth-order valence-electron chi connectivity index (χ4n) is 12.0. The van der Waals surface area contributed by atoms with Gasteiger partial charge in [-0.15, -0.1) is 0 Å². The van der Waals surface area contributed by atoms with E-state index in [-0.39, 0.29) is 5.92 Å². The van der Waals surface area contributed by atoms with E-state index in [4.69, 9.17) is 4.42 Å². The van der Waals surface area contributed by atoms with Crippen LogP contribution in [0.1, 0.15) is 44.9 Å². The number of hydrogen-bond donors (Lipinski definition) is 0. The molecular formula is C66H43NO. The van der Waals surface area contributed by atoms with E-state index < -0.39 is 5.41 Å². The van der Waals surface area contributed by atoms with E-state index in [0.29, 0.717) is 0 Å². The summed E-state index contributed by atoms with van der Waals surface area (Å²) in [6.07, 6.45) is 0. The normalized spacial score (nSPS) is 14.1. The van der Waals surface area contributed by atoms with Crippen molar-refractivity contribution in [3.63, 3.8) is 0 Å². The van der Waals surface area contributed by atoms with Crippen molar-refractivity contribution in [2.75, 3.05) is 4.90 Å². The first-order valence-corrected chi connectivity index (χ1v) is 23.6. The van der Waals surface area contributed by atoms with Crippen molar-refractivity contribution in [1.29, 1.82) is 0 Å². The largest absolute Gasteiger partial charge is 0.455 e. The van der Waals surface area contributed by atoms with Crippen molar-refractivity contribution in [2.24, 2.45) is 0 Å². The van der Waals surface area contributed by atoms with Crippen molar-refractivity contribution in [2.45, 2.75) is 11.3 Å². The quantitative estimate of drug-likeness (QED) is 0.159. The van der Waals surface area contributed by atoms with Crippen LogP contribution >= 0.6 is 0 Å². The summed E-state index contributed by atoms with van der Waals surface area (Å²) in [5, 5.41) is 4.59. The molecule has 2 aliphatic carbocycles. The highest BCUT2D eigenvalue weighted by Gasteiger charge is 2.49. The summed E-state index contributed by atoms with van der Waals surface area (Å²) in [6, 6.07) is 93.8. The average Bonchev–Trinajstić information content (AvgIpc) is 4.07. The lowest BCUT2D eigenvalue weighted by Crippen LogP contribution is -2.28. The van der Waals surface area contributed by atoms with Gasteiger partial charge in [0, 0.05) is 28.2 Å². The number of rotatable bonds is 7. The summed E-state index contributed by atoms with van der Waals surface area (Å²) in [4.78, 5) is 2.51. The maximum Gasteiger partial charge on any atom is 0.145 e. The molecule has 0 saturated carbocycles. The molecule has 11 aromatic carbocycles. The molecule has 2 nitrogen and oxygen atoms in total. The third-order valence-electron chi connectivity index (χ3n) is 14.8. The molecule has 0 bridgehead atoms. The summed E-state index contributed by atoms with van der Waals surface area (Å²) in [6.45, 7) is 0. The molecule has 2 aliphatic rings. The van der Waals surface area contributed by atoms with Crippen LogP contribution in [0.4, 0.5) is 17.1 Å². The minimum absolute atomic E-state index is 0.0889. The third kappa shape index (κ3) is 5.58. The minimum Gasteiger partial charge on any atom is -0.455 e. The first-order valence-electron chi connectivity index (χ1n) is 23.6. The molecule has 68 heavy (non-hydrogen) atoms. The van der Waals surface area contributed by atoms with Crippen molar-refractivity contribution in [1.82, 2.24) is 0 Å². The van der Waals surface area contributed by atoms with Gasteiger partial charge in [0.25, 0.3) is 0 Å². The fraction of sp³-hybridized carbons (Fsp3) is 0.0303. The molecule has 0 N–H and O–H groups in total. The predicted octanol–water partition coefficient (Wildman–Crippen LogP) is 17.4. The lowest BCUT2D eigenvalue weighted by atomic mass is 9.67. The molecule has 0 amide bonds. The molecule has 12 aromatic rings. The van der Waals surface area contributed by atoms with E-state index in [0.717, 1.165) is 44.6 Å². The summed E-state index contributed by atoms with van der Waals surface area (Å²) in [5.74, 6) is 0.0889. The number of fused-ring (bicyclic) bond motifs is 12. The molecule has 2 heteroatoms. The third-order valence-corrected chi connectivity index (χ3v) is 14.8. The molecule has 0 aliphatic heterocycles. The van der Waals surface area contributed by atoms with Crippen molar-refractivity contribution < 1.29 is 4.42 Å². The second kappa shape index (κ2) is 15.2. The van der Waals surface area contributed by atoms with E-state index in [2.05, 4.69) is 260 Å². The van der Waals surface area contributed by atoms with Gasteiger partial charge in [0.1, 0.15) is 11.2 Å². The average molecular weight is 866 g/mol. The smallest absolute Gasteiger partial charge is 0.145 e. The SMILES string of the molecule is c1ccc(-c2ccc(N(c3ccc4c(c3)C(c3ccccc3)c3ccccc3-4)c3cc4c(c5oc6ccccc6c35)-c3c(ccc5ccccc35)C4(c3ccccc3)c3ccccc3)cc2)cc1. The highest BCUT2D eigenvalue weighted by Crippen LogP contribution is 2.62. The molecule has 1 heterocycles. The second-order valence-electron chi connectivity index (χ2n) is 18.3. The molecular weight excluding hydrogens is 823 g/mol. The predicted molar refractivity (Wildman–Crippen MR) is 281 cm³/mol. The molecule has 1 atom stereocenters. The standard InChI is InChI=1S/C66H43NO/c1-5-19-43(20-6-1)44-33-36-49(37-34-44)67(50-38-39-53-52-29-15-16-30-54(52)61(56(53)41-50)46-22-7-2-8-23-46)59-42-58-64(65-63(59)55-31-17-18-32-60(55)68-65)62-51-28-14-13-21-45(51)35-40-57(62)66(58,47-24-9-3-10-25-47)48-26-11-4-12-27-48/h1-42,61H. The van der Waals surface area contributed by atoms with Gasteiger partial charge in [0.2, 0.25) is 0 Å². The van der Waals surface area contributed by atoms with Crippen molar-refractivity contribution in [3.05, 3.63) is 294 Å². The Hall–Kier alpha value is -8.72. The van der Waals surface area contributed by atoms with Gasteiger partial charge < -0.3 is 9.32 Å². The van der Waals surface area contributed by atoms with Crippen LogP contribution in [0.5, 0.6) is 0 Å². The lowest BCUT2D eigenvalue weighted by molar-refractivity contribution is 0.669. The van der Waals surface area contributed by atoms with E-state index in [1.165, 1.54) is 77.5 Å². The number of hydrogen-bond acceptors (Lipinski definition) is 2. The van der Waals surface area contributed by atoms with Gasteiger partial charge in [-0.2, -0.15) is 0 Å². The van der Waals surface area contributed by atoms with Crippen LogP contribution in [0.3, 0.4) is 0 Å². The van der Waals surface area contributed by atoms with Gasteiger partial charge in [-0.1, -0.05) is 218 Å². The molecule has 0 saturated heterocycles. The number of furan rings is 1. The Labute approximate surface area is 395 Å². The van der Waals surface area contributed by atoms with Gasteiger partial charge >= 0.3 is 0 Å². The Morgan fingerprint density at radius 1 is 0.397 bits per heavy atom. The molecule has 0 spiro atoms. The van der Waals surface area contributed by atoms with Crippen LogP contribution in [-0.4, -0.2) is 0 Å². The zero-order valence-electron chi connectivity index (χ0n) is 37.2. The van der Waals surface area contributed by atoms with E-state index in [1.807, 2.05) is 0 Å². The van der Waals surface area contributed by atoms with Crippen LogP contribution in [0.15, 0.2) is 259 Å². The maximum atomic E-state index is 7.37. The van der Waals surface area contributed by atoms with Gasteiger partial charge in [-0.05, 0) is 114 Å². The Kier molecular flexibility index (Phi) is 8.60. The van der Waals surface area contributed by atoms with Gasteiger partial charge in [-0.25, -0.2) is 0 Å². The molecule has 1 aromatic heterocycles. The number of anilines is 3. The van der Waals surface area contributed by atoms with E-state index in [9.17, 15) is 0 Å². The van der Waals surface area contributed by atoms with Crippen molar-refractivity contribution in [3.8, 4) is 33.4 Å². The zero-order chi connectivity index (χ0) is 44.8. The highest BCUT2D eigenvalue weighted by molar-refractivity contribution is 6.21. The second-order valence-corrected chi connectivity index (χ2v) is 18.3. The number of para-hydroxylation sites is 1. The molecule has 1 unspecified atom stereocenters. The van der Waals surface area contributed by atoms with Gasteiger partial charge in [0.05, 0.1) is 16.5 Å². The van der Waals surface area contributed by atoms with Crippen LogP contribution in [-0.2, 0) is 5.41 Å². The zero-order valence-corrected chi connectivity index (χ0v) is 37.2. The highest BCUT2D eigenvalue weighted by atomic mass is 16.3. The molecule has 0 fully saturated rings. The van der Waals surface area contributed by atoms with Crippen LogP contribution < -0.4 is 4.90 Å². The summed E-state index contributed by atoms with van der Waals surface area (Å²) < 4.78 is 7.37. The number of benzene rings is 11. The van der Waals surface area contributed by atoms with Crippen LogP contribution in [0.2, 0.25) is 0 Å². The van der Waals surface area contributed by atoms with Crippen LogP contribution in [0, 0.1) is 0 Å². The Morgan fingerprint density at radius 3 is 1.74 bits per heavy atom. The minimum atomic E-state index is -0.681. The Bertz CT molecular complexity index is 3850. The molecule has 14 rings (SSSR count).